The van der Waals surface area contributed by atoms with Crippen LogP contribution in [0.15, 0.2) is 51.9 Å². The van der Waals surface area contributed by atoms with Crippen molar-refractivity contribution in [1.29, 1.82) is 0 Å². The SMILES string of the molecule is O=C(Cc1noc2ccccc12)N1CCN(S(=O)(=O)c2ccc(F)c(Cl)c2)CC1. The minimum Gasteiger partial charge on any atom is -0.356 e. The molecule has 29 heavy (non-hydrogen) atoms. The Labute approximate surface area is 171 Å². The van der Waals surface area contributed by atoms with E-state index < -0.39 is 15.8 Å². The van der Waals surface area contributed by atoms with Gasteiger partial charge in [0.1, 0.15) is 11.5 Å². The number of piperazine rings is 1. The van der Waals surface area contributed by atoms with Gasteiger partial charge >= 0.3 is 0 Å². The van der Waals surface area contributed by atoms with Gasteiger partial charge in [0.25, 0.3) is 0 Å². The zero-order valence-electron chi connectivity index (χ0n) is 15.2. The summed E-state index contributed by atoms with van der Waals surface area (Å²) in [6, 6.07) is 10.6. The van der Waals surface area contributed by atoms with Gasteiger partial charge in [-0.25, -0.2) is 12.8 Å². The zero-order valence-corrected chi connectivity index (χ0v) is 16.8. The van der Waals surface area contributed by atoms with Gasteiger partial charge in [0, 0.05) is 31.6 Å². The summed E-state index contributed by atoms with van der Waals surface area (Å²) >= 11 is 5.71. The number of carbonyl (C=O) groups is 1. The molecule has 1 saturated heterocycles. The number of hydrogen-bond donors (Lipinski definition) is 0. The highest BCUT2D eigenvalue weighted by molar-refractivity contribution is 7.89. The predicted octanol–water partition coefficient (Wildman–Crippen LogP) is 2.70. The number of halogens is 2. The molecule has 1 amide bonds. The second kappa shape index (κ2) is 7.74. The first-order valence-corrected chi connectivity index (χ1v) is 10.7. The summed E-state index contributed by atoms with van der Waals surface area (Å²) in [6.45, 7) is 0.789. The Hall–Kier alpha value is -2.49. The van der Waals surface area contributed by atoms with Gasteiger partial charge in [0.15, 0.2) is 5.58 Å². The third-order valence-electron chi connectivity index (χ3n) is 4.89. The van der Waals surface area contributed by atoms with Gasteiger partial charge < -0.3 is 9.42 Å². The van der Waals surface area contributed by atoms with E-state index in [0.29, 0.717) is 11.3 Å². The van der Waals surface area contributed by atoms with Crippen molar-refractivity contribution >= 4 is 38.5 Å². The highest BCUT2D eigenvalue weighted by Crippen LogP contribution is 2.24. The molecule has 3 aromatic rings. The second-order valence-corrected chi connectivity index (χ2v) is 9.01. The van der Waals surface area contributed by atoms with E-state index in [-0.39, 0.29) is 48.4 Å². The molecule has 1 fully saturated rings. The van der Waals surface area contributed by atoms with Crippen molar-refractivity contribution in [2.75, 3.05) is 26.2 Å². The summed E-state index contributed by atoms with van der Waals surface area (Å²) in [7, 11) is -3.81. The van der Waals surface area contributed by atoms with Crippen LogP contribution >= 0.6 is 11.6 Å². The van der Waals surface area contributed by atoms with Gasteiger partial charge in [-0.05, 0) is 30.3 Å². The molecule has 0 radical (unpaired) electrons. The van der Waals surface area contributed by atoms with E-state index in [1.807, 2.05) is 18.2 Å². The second-order valence-electron chi connectivity index (χ2n) is 6.66. The number of carbonyl (C=O) groups excluding carboxylic acids is 1. The number of hydrogen-bond acceptors (Lipinski definition) is 5. The number of nitrogens with zero attached hydrogens (tertiary/aromatic N) is 3. The van der Waals surface area contributed by atoms with Crippen molar-refractivity contribution in [2.24, 2.45) is 0 Å². The average Bonchev–Trinajstić information content (AvgIpc) is 3.13. The van der Waals surface area contributed by atoms with Crippen molar-refractivity contribution in [1.82, 2.24) is 14.4 Å². The zero-order chi connectivity index (χ0) is 20.6. The topological polar surface area (TPSA) is 83.7 Å². The van der Waals surface area contributed by atoms with E-state index in [2.05, 4.69) is 5.16 Å². The molecule has 2 heterocycles. The Morgan fingerprint density at radius 3 is 2.59 bits per heavy atom. The molecule has 1 aliphatic rings. The van der Waals surface area contributed by atoms with Crippen LogP contribution in [-0.4, -0.2) is 54.9 Å². The molecular formula is C19H17ClFN3O4S. The first kappa shape index (κ1) is 19.8. The largest absolute Gasteiger partial charge is 0.356 e. The molecule has 0 unspecified atom stereocenters. The number of sulfonamides is 1. The quantitative estimate of drug-likeness (QED) is 0.626. The van der Waals surface area contributed by atoms with Gasteiger partial charge in [0.05, 0.1) is 16.3 Å². The first-order chi connectivity index (χ1) is 13.9. The molecule has 2 aromatic carbocycles. The van der Waals surface area contributed by atoms with Crippen molar-refractivity contribution in [3.63, 3.8) is 0 Å². The van der Waals surface area contributed by atoms with Crippen LogP contribution in [-0.2, 0) is 21.2 Å². The van der Waals surface area contributed by atoms with E-state index in [0.717, 1.165) is 17.5 Å². The summed E-state index contributed by atoms with van der Waals surface area (Å²) in [5.74, 6) is -0.827. The van der Waals surface area contributed by atoms with Crippen molar-refractivity contribution in [2.45, 2.75) is 11.3 Å². The lowest BCUT2D eigenvalue weighted by molar-refractivity contribution is -0.131. The van der Waals surface area contributed by atoms with Crippen molar-refractivity contribution in [3.8, 4) is 0 Å². The van der Waals surface area contributed by atoms with Crippen LogP contribution < -0.4 is 0 Å². The highest BCUT2D eigenvalue weighted by atomic mass is 35.5. The van der Waals surface area contributed by atoms with Crippen LogP contribution in [0.4, 0.5) is 4.39 Å². The maximum Gasteiger partial charge on any atom is 0.243 e. The minimum absolute atomic E-state index is 0.0715. The van der Waals surface area contributed by atoms with E-state index in [1.165, 1.54) is 10.4 Å². The summed E-state index contributed by atoms with van der Waals surface area (Å²) in [4.78, 5) is 14.2. The molecule has 10 heteroatoms. The summed E-state index contributed by atoms with van der Waals surface area (Å²) in [6.07, 6.45) is 0.0807. The minimum atomic E-state index is -3.81. The molecule has 0 aliphatic carbocycles. The molecule has 1 aromatic heterocycles. The fraction of sp³-hybridized carbons (Fsp3) is 0.263. The van der Waals surface area contributed by atoms with Gasteiger partial charge in [-0.3, -0.25) is 4.79 Å². The third kappa shape index (κ3) is 3.85. The number of amides is 1. The van der Waals surface area contributed by atoms with Crippen molar-refractivity contribution < 1.29 is 22.1 Å². The lowest BCUT2D eigenvalue weighted by Crippen LogP contribution is -2.50. The summed E-state index contributed by atoms with van der Waals surface area (Å²) < 4.78 is 45.3. The monoisotopic (exact) mass is 437 g/mol. The summed E-state index contributed by atoms with van der Waals surface area (Å²) in [5, 5.41) is 4.50. The Morgan fingerprint density at radius 1 is 1.14 bits per heavy atom. The van der Waals surface area contributed by atoms with Crippen molar-refractivity contribution in [3.05, 3.63) is 59.0 Å². The lowest BCUT2D eigenvalue weighted by atomic mass is 10.1. The molecule has 7 nitrogen and oxygen atoms in total. The number of benzene rings is 2. The normalized spacial score (nSPS) is 15.7. The molecule has 0 atom stereocenters. The first-order valence-electron chi connectivity index (χ1n) is 8.92. The molecule has 1 aliphatic heterocycles. The van der Waals surface area contributed by atoms with Crippen LogP contribution in [0, 0.1) is 5.82 Å². The number of fused-ring (bicyclic) bond motifs is 1. The fourth-order valence-corrected chi connectivity index (χ4v) is 4.98. The Kier molecular flexibility index (Phi) is 5.28. The molecule has 4 rings (SSSR count). The van der Waals surface area contributed by atoms with Crippen LogP contribution in [0.3, 0.4) is 0 Å². The number of aromatic nitrogens is 1. The van der Waals surface area contributed by atoms with E-state index >= 15 is 0 Å². The molecule has 152 valence electrons. The molecule has 0 spiro atoms. The van der Waals surface area contributed by atoms with E-state index in [1.54, 1.807) is 11.0 Å². The van der Waals surface area contributed by atoms with Gasteiger partial charge in [-0.15, -0.1) is 0 Å². The summed E-state index contributed by atoms with van der Waals surface area (Å²) in [5.41, 5.74) is 1.17. The van der Waals surface area contributed by atoms with Crippen LogP contribution in [0.25, 0.3) is 11.0 Å². The number of para-hydroxylation sites is 1. The lowest BCUT2D eigenvalue weighted by Gasteiger charge is -2.34. The maximum absolute atomic E-state index is 13.3. The highest BCUT2D eigenvalue weighted by Gasteiger charge is 2.31. The third-order valence-corrected chi connectivity index (χ3v) is 7.08. The van der Waals surface area contributed by atoms with Crippen LogP contribution in [0.5, 0.6) is 0 Å². The Balaban J connectivity index is 1.42. The molecule has 0 N–H and O–H groups in total. The number of rotatable bonds is 4. The van der Waals surface area contributed by atoms with Crippen LogP contribution in [0.2, 0.25) is 5.02 Å². The van der Waals surface area contributed by atoms with E-state index in [9.17, 15) is 17.6 Å². The molecular weight excluding hydrogens is 421 g/mol. The smallest absolute Gasteiger partial charge is 0.243 e. The van der Waals surface area contributed by atoms with Gasteiger partial charge in [-0.2, -0.15) is 4.31 Å². The Morgan fingerprint density at radius 2 is 1.86 bits per heavy atom. The Bertz CT molecular complexity index is 1170. The van der Waals surface area contributed by atoms with E-state index in [4.69, 9.17) is 16.1 Å². The van der Waals surface area contributed by atoms with Gasteiger partial charge in [0.2, 0.25) is 15.9 Å². The van der Waals surface area contributed by atoms with Gasteiger partial charge in [-0.1, -0.05) is 28.9 Å². The van der Waals surface area contributed by atoms with Crippen LogP contribution in [0.1, 0.15) is 5.69 Å². The maximum atomic E-state index is 13.3. The molecule has 0 saturated carbocycles. The predicted molar refractivity (Wildman–Crippen MR) is 104 cm³/mol. The standard InChI is InChI=1S/C19H17ClFN3O4S/c20-15-11-13(5-6-16(15)21)29(26,27)24-9-7-23(8-10-24)19(25)12-17-14-3-1-2-4-18(14)28-22-17/h1-6,11H,7-10,12H2. The molecule has 0 bridgehead atoms. The fourth-order valence-electron chi connectivity index (χ4n) is 3.28. The average molecular weight is 438 g/mol.